The minimum absolute atomic E-state index is 0.257. The third-order valence-electron chi connectivity index (χ3n) is 3.66. The van der Waals surface area contributed by atoms with Crippen LogP contribution in [-0.2, 0) is 0 Å². The molecule has 3 atom stereocenters. The molecular formula is C15H23NO3. The quantitative estimate of drug-likeness (QED) is 0.809. The van der Waals surface area contributed by atoms with Gasteiger partial charge >= 0.3 is 0 Å². The molecule has 19 heavy (non-hydrogen) atoms. The van der Waals surface area contributed by atoms with Gasteiger partial charge in [0.1, 0.15) is 18.5 Å². The maximum atomic E-state index is 9.97. The number of hydrogen-bond donors (Lipinski definition) is 2. The van der Waals surface area contributed by atoms with Gasteiger partial charge in [0.2, 0.25) is 0 Å². The van der Waals surface area contributed by atoms with Crippen molar-refractivity contribution >= 4 is 0 Å². The zero-order valence-corrected chi connectivity index (χ0v) is 11.4. The normalized spacial score (nSPS) is 25.4. The van der Waals surface area contributed by atoms with Gasteiger partial charge in [-0.3, -0.25) is 4.90 Å². The molecule has 1 aliphatic rings. The lowest BCUT2D eigenvalue weighted by Crippen LogP contribution is -2.34. The van der Waals surface area contributed by atoms with Crippen LogP contribution in [0.3, 0.4) is 0 Å². The Morgan fingerprint density at radius 1 is 1.32 bits per heavy atom. The zero-order valence-electron chi connectivity index (χ0n) is 11.4. The molecule has 4 nitrogen and oxygen atoms in total. The first-order chi connectivity index (χ1) is 9.19. The first-order valence-corrected chi connectivity index (χ1v) is 6.95. The Kier molecular flexibility index (Phi) is 5.19. The van der Waals surface area contributed by atoms with Crippen molar-refractivity contribution in [3.8, 4) is 5.75 Å². The minimum Gasteiger partial charge on any atom is -0.491 e. The van der Waals surface area contributed by atoms with Crippen molar-refractivity contribution in [2.75, 3.05) is 26.2 Å². The number of likely N-dealkylation sites (tertiary alicyclic amines) is 1. The standard InChI is InChI=1S/C15H23NO3/c1-2-12-8-16(10-15(12)18)9-13(17)11-19-14-6-4-3-5-7-14/h3-7,12-13,15,17-18H,2,8-11H2,1H3/t12-,13+,15+/m1/s1. The Hall–Kier alpha value is -1.10. The van der Waals surface area contributed by atoms with Crippen LogP contribution in [-0.4, -0.2) is 53.6 Å². The number of aliphatic hydroxyl groups is 2. The fourth-order valence-electron chi connectivity index (χ4n) is 2.55. The summed E-state index contributed by atoms with van der Waals surface area (Å²) in [6, 6.07) is 9.49. The van der Waals surface area contributed by atoms with Crippen LogP contribution in [0.4, 0.5) is 0 Å². The zero-order chi connectivity index (χ0) is 13.7. The van der Waals surface area contributed by atoms with E-state index in [4.69, 9.17) is 4.74 Å². The van der Waals surface area contributed by atoms with Crippen molar-refractivity contribution < 1.29 is 14.9 Å². The van der Waals surface area contributed by atoms with Gasteiger partial charge in [-0.05, 0) is 24.5 Å². The molecule has 4 heteroatoms. The summed E-state index contributed by atoms with van der Waals surface area (Å²) in [5.41, 5.74) is 0. The van der Waals surface area contributed by atoms with Crippen LogP contribution in [0, 0.1) is 5.92 Å². The molecule has 0 aliphatic carbocycles. The van der Waals surface area contributed by atoms with Gasteiger partial charge in [-0.25, -0.2) is 0 Å². The van der Waals surface area contributed by atoms with Crippen LogP contribution in [0.2, 0.25) is 0 Å². The van der Waals surface area contributed by atoms with Gasteiger partial charge in [0, 0.05) is 19.6 Å². The van der Waals surface area contributed by atoms with E-state index in [1.807, 2.05) is 30.3 Å². The number of ether oxygens (including phenoxy) is 1. The largest absolute Gasteiger partial charge is 0.491 e. The van der Waals surface area contributed by atoms with E-state index in [-0.39, 0.29) is 12.7 Å². The fourth-order valence-corrected chi connectivity index (χ4v) is 2.55. The van der Waals surface area contributed by atoms with Crippen molar-refractivity contribution in [3.05, 3.63) is 30.3 Å². The third kappa shape index (κ3) is 4.20. The molecule has 0 spiro atoms. The molecule has 0 radical (unpaired) electrons. The van der Waals surface area contributed by atoms with Crippen LogP contribution >= 0.6 is 0 Å². The Morgan fingerprint density at radius 3 is 2.68 bits per heavy atom. The van der Waals surface area contributed by atoms with Crippen LogP contribution < -0.4 is 4.74 Å². The van der Waals surface area contributed by atoms with Crippen molar-refractivity contribution in [1.82, 2.24) is 4.90 Å². The lowest BCUT2D eigenvalue weighted by Gasteiger charge is -2.20. The molecule has 0 bridgehead atoms. The maximum absolute atomic E-state index is 9.97. The Morgan fingerprint density at radius 2 is 2.05 bits per heavy atom. The molecular weight excluding hydrogens is 242 g/mol. The second-order valence-electron chi connectivity index (χ2n) is 5.23. The predicted octanol–water partition coefficient (Wildman–Crippen LogP) is 1.13. The highest BCUT2D eigenvalue weighted by atomic mass is 16.5. The predicted molar refractivity (Wildman–Crippen MR) is 74.2 cm³/mol. The lowest BCUT2D eigenvalue weighted by atomic mass is 10.0. The maximum Gasteiger partial charge on any atom is 0.119 e. The molecule has 1 aliphatic heterocycles. The highest BCUT2D eigenvalue weighted by Gasteiger charge is 2.30. The van der Waals surface area contributed by atoms with E-state index in [0.29, 0.717) is 19.0 Å². The van der Waals surface area contributed by atoms with Crippen LogP contribution in [0.5, 0.6) is 5.75 Å². The summed E-state index contributed by atoms with van der Waals surface area (Å²) in [5.74, 6) is 1.11. The van der Waals surface area contributed by atoms with E-state index in [1.54, 1.807) is 0 Å². The Bertz CT molecular complexity index is 371. The molecule has 106 valence electrons. The van der Waals surface area contributed by atoms with Crippen LogP contribution in [0.1, 0.15) is 13.3 Å². The molecule has 1 aromatic carbocycles. The topological polar surface area (TPSA) is 52.9 Å². The fraction of sp³-hybridized carbons (Fsp3) is 0.600. The van der Waals surface area contributed by atoms with Crippen molar-refractivity contribution in [3.63, 3.8) is 0 Å². The third-order valence-corrected chi connectivity index (χ3v) is 3.66. The second-order valence-corrected chi connectivity index (χ2v) is 5.23. The van der Waals surface area contributed by atoms with Gasteiger partial charge in [-0.15, -0.1) is 0 Å². The molecule has 1 saturated heterocycles. The van der Waals surface area contributed by atoms with Gasteiger partial charge in [0.05, 0.1) is 6.10 Å². The molecule has 2 N–H and O–H groups in total. The highest BCUT2D eigenvalue weighted by molar-refractivity contribution is 5.20. The minimum atomic E-state index is -0.525. The number of para-hydroxylation sites is 1. The molecule has 1 heterocycles. The number of nitrogens with zero attached hydrogens (tertiary/aromatic N) is 1. The number of aliphatic hydroxyl groups excluding tert-OH is 2. The van der Waals surface area contributed by atoms with E-state index in [1.165, 1.54) is 0 Å². The van der Waals surface area contributed by atoms with E-state index < -0.39 is 6.10 Å². The lowest BCUT2D eigenvalue weighted by molar-refractivity contribution is 0.0707. The van der Waals surface area contributed by atoms with Gasteiger partial charge in [-0.1, -0.05) is 25.1 Å². The van der Waals surface area contributed by atoms with Crippen molar-refractivity contribution in [2.45, 2.75) is 25.6 Å². The number of benzene rings is 1. The van der Waals surface area contributed by atoms with Crippen molar-refractivity contribution in [2.24, 2.45) is 5.92 Å². The number of β-amino-alcohol motifs (C(OH)–C–C–N with tert-alkyl or cyclic N) is 2. The van der Waals surface area contributed by atoms with Gasteiger partial charge in [-0.2, -0.15) is 0 Å². The first kappa shape index (κ1) is 14.3. The summed E-state index contributed by atoms with van der Waals surface area (Å²) in [6.45, 7) is 4.45. The second kappa shape index (κ2) is 6.89. The molecule has 2 rings (SSSR count). The summed E-state index contributed by atoms with van der Waals surface area (Å²) in [4.78, 5) is 2.11. The summed E-state index contributed by atoms with van der Waals surface area (Å²) in [7, 11) is 0. The average Bonchev–Trinajstić information content (AvgIpc) is 2.77. The summed E-state index contributed by atoms with van der Waals surface area (Å²) in [6.07, 6.45) is 0.198. The molecule has 0 unspecified atom stereocenters. The first-order valence-electron chi connectivity index (χ1n) is 6.95. The summed E-state index contributed by atoms with van der Waals surface area (Å²) < 4.78 is 5.52. The monoisotopic (exact) mass is 265 g/mol. The van der Waals surface area contributed by atoms with Crippen LogP contribution in [0.15, 0.2) is 30.3 Å². The van der Waals surface area contributed by atoms with Gasteiger partial charge in [0.25, 0.3) is 0 Å². The summed E-state index contributed by atoms with van der Waals surface area (Å²) in [5, 5.41) is 19.8. The highest BCUT2D eigenvalue weighted by Crippen LogP contribution is 2.20. The average molecular weight is 265 g/mol. The van der Waals surface area contributed by atoms with E-state index in [2.05, 4.69) is 11.8 Å². The number of rotatable bonds is 6. The SMILES string of the molecule is CC[C@@H]1CN(C[C@H](O)COc2ccccc2)C[C@@H]1O. The van der Waals surface area contributed by atoms with Crippen molar-refractivity contribution in [1.29, 1.82) is 0 Å². The van der Waals surface area contributed by atoms with Crippen LogP contribution in [0.25, 0.3) is 0 Å². The molecule has 0 amide bonds. The molecule has 1 fully saturated rings. The van der Waals surface area contributed by atoms with E-state index in [0.717, 1.165) is 18.7 Å². The molecule has 0 aromatic heterocycles. The van der Waals surface area contributed by atoms with Gasteiger partial charge < -0.3 is 14.9 Å². The Labute approximate surface area is 114 Å². The smallest absolute Gasteiger partial charge is 0.119 e. The van der Waals surface area contributed by atoms with E-state index >= 15 is 0 Å². The Balaban J connectivity index is 1.72. The molecule has 1 aromatic rings. The number of hydrogen-bond acceptors (Lipinski definition) is 4. The summed E-state index contributed by atoms with van der Waals surface area (Å²) >= 11 is 0. The van der Waals surface area contributed by atoms with Gasteiger partial charge in [0.15, 0.2) is 0 Å². The molecule has 0 saturated carbocycles. The van der Waals surface area contributed by atoms with E-state index in [9.17, 15) is 10.2 Å².